The molecule has 2 aromatic rings. The number of phenolic OH excluding ortho intramolecular Hbond substituents is 1. The summed E-state index contributed by atoms with van der Waals surface area (Å²) >= 11 is 0. The van der Waals surface area contributed by atoms with Crippen molar-refractivity contribution in [1.29, 1.82) is 0 Å². The van der Waals surface area contributed by atoms with Crippen LogP contribution in [0.4, 0.5) is 0 Å². The van der Waals surface area contributed by atoms with Crippen LogP contribution in [0.3, 0.4) is 0 Å². The summed E-state index contributed by atoms with van der Waals surface area (Å²) in [7, 11) is 0. The molecule has 0 unspecified atom stereocenters. The van der Waals surface area contributed by atoms with E-state index in [0.29, 0.717) is 11.1 Å². The average Bonchev–Trinajstić information content (AvgIpc) is 2.37. The van der Waals surface area contributed by atoms with Crippen molar-refractivity contribution < 1.29 is 15.3 Å². The second-order valence-corrected chi connectivity index (χ2v) is 6.40. The first-order valence-corrected chi connectivity index (χ1v) is 6.99. The number of rotatable bonds is 3. The van der Waals surface area contributed by atoms with E-state index < -0.39 is 11.2 Å². The van der Waals surface area contributed by atoms with Crippen LogP contribution >= 0.6 is 0 Å². The van der Waals surface area contributed by atoms with Gasteiger partial charge in [0.1, 0.15) is 5.75 Å². The standard InChI is InChI=1S/C18H22O3/c1-17(2,20)14-10-13(12-8-6-5-7-9-12)11-15(16(14)19)18(3,4)21/h5-11,19-21H,1-4H3. The number of aromatic hydroxyl groups is 1. The zero-order valence-corrected chi connectivity index (χ0v) is 12.9. The Labute approximate surface area is 125 Å². The third-order valence-electron chi connectivity index (χ3n) is 3.54. The van der Waals surface area contributed by atoms with Gasteiger partial charge in [-0.1, -0.05) is 30.3 Å². The fraction of sp³-hybridized carbons (Fsp3) is 0.333. The number of phenols is 1. The summed E-state index contributed by atoms with van der Waals surface area (Å²) in [4.78, 5) is 0. The van der Waals surface area contributed by atoms with Crippen molar-refractivity contribution >= 4 is 0 Å². The minimum atomic E-state index is -1.20. The molecule has 2 aromatic carbocycles. The van der Waals surface area contributed by atoms with Crippen LogP contribution in [0.25, 0.3) is 11.1 Å². The van der Waals surface area contributed by atoms with Gasteiger partial charge in [0.25, 0.3) is 0 Å². The molecule has 0 radical (unpaired) electrons. The summed E-state index contributed by atoms with van der Waals surface area (Å²) in [6, 6.07) is 13.2. The van der Waals surface area contributed by atoms with Crippen LogP contribution in [-0.4, -0.2) is 15.3 Å². The van der Waals surface area contributed by atoms with Crippen molar-refractivity contribution in [2.45, 2.75) is 38.9 Å². The van der Waals surface area contributed by atoms with E-state index in [4.69, 9.17) is 0 Å². The van der Waals surface area contributed by atoms with Gasteiger partial charge in [0.05, 0.1) is 11.2 Å². The van der Waals surface area contributed by atoms with Crippen molar-refractivity contribution in [3.05, 3.63) is 53.6 Å². The molecule has 0 bridgehead atoms. The summed E-state index contributed by atoms with van der Waals surface area (Å²) in [6.45, 7) is 6.46. The maximum atomic E-state index is 10.4. The van der Waals surface area contributed by atoms with E-state index in [1.54, 1.807) is 39.8 Å². The maximum Gasteiger partial charge on any atom is 0.127 e. The maximum absolute atomic E-state index is 10.4. The molecule has 0 aliphatic carbocycles. The topological polar surface area (TPSA) is 60.7 Å². The van der Waals surface area contributed by atoms with E-state index in [1.165, 1.54) is 0 Å². The molecule has 0 fully saturated rings. The fourth-order valence-electron chi connectivity index (χ4n) is 2.36. The molecular weight excluding hydrogens is 264 g/mol. The van der Waals surface area contributed by atoms with E-state index >= 15 is 0 Å². The zero-order chi connectivity index (χ0) is 15.8. The van der Waals surface area contributed by atoms with Gasteiger partial charge in [0, 0.05) is 11.1 Å². The number of hydrogen-bond acceptors (Lipinski definition) is 3. The molecule has 0 atom stereocenters. The predicted molar refractivity (Wildman–Crippen MR) is 84.0 cm³/mol. The van der Waals surface area contributed by atoms with Gasteiger partial charge >= 0.3 is 0 Å². The fourth-order valence-corrected chi connectivity index (χ4v) is 2.36. The molecule has 0 saturated heterocycles. The molecule has 21 heavy (non-hydrogen) atoms. The van der Waals surface area contributed by atoms with Gasteiger partial charge < -0.3 is 15.3 Å². The Balaban J connectivity index is 2.75. The lowest BCUT2D eigenvalue weighted by molar-refractivity contribution is 0.0666. The van der Waals surface area contributed by atoms with E-state index in [2.05, 4.69) is 0 Å². The molecule has 0 aliphatic heterocycles. The molecule has 3 N–H and O–H groups in total. The van der Waals surface area contributed by atoms with Gasteiger partial charge in [0.15, 0.2) is 0 Å². The molecule has 0 spiro atoms. The van der Waals surface area contributed by atoms with E-state index in [1.807, 2.05) is 30.3 Å². The summed E-state index contributed by atoms with van der Waals surface area (Å²) in [5.74, 6) is -0.0605. The Morgan fingerprint density at radius 2 is 1.14 bits per heavy atom. The molecule has 0 aromatic heterocycles. The summed E-state index contributed by atoms with van der Waals surface area (Å²) < 4.78 is 0. The Bertz CT molecular complexity index is 597. The highest BCUT2D eigenvalue weighted by Crippen LogP contribution is 2.40. The molecule has 0 heterocycles. The van der Waals surface area contributed by atoms with Crippen LogP contribution in [0.5, 0.6) is 5.75 Å². The Morgan fingerprint density at radius 3 is 1.52 bits per heavy atom. The number of aliphatic hydroxyl groups is 2. The normalized spacial score (nSPS) is 12.5. The first kappa shape index (κ1) is 15.5. The average molecular weight is 286 g/mol. The van der Waals surface area contributed by atoms with Crippen LogP contribution in [0.2, 0.25) is 0 Å². The highest BCUT2D eigenvalue weighted by atomic mass is 16.3. The molecule has 3 heteroatoms. The lowest BCUT2D eigenvalue weighted by Crippen LogP contribution is -2.21. The monoisotopic (exact) mass is 286 g/mol. The van der Waals surface area contributed by atoms with Gasteiger partial charge in [-0.2, -0.15) is 0 Å². The summed E-state index contributed by atoms with van der Waals surface area (Å²) in [5, 5.41) is 31.0. The second-order valence-electron chi connectivity index (χ2n) is 6.40. The first-order chi connectivity index (χ1) is 9.60. The van der Waals surface area contributed by atoms with E-state index in [-0.39, 0.29) is 5.75 Å². The van der Waals surface area contributed by atoms with E-state index in [0.717, 1.165) is 11.1 Å². The molecule has 2 rings (SSSR count). The van der Waals surface area contributed by atoms with Gasteiger partial charge in [-0.05, 0) is 51.0 Å². The van der Waals surface area contributed by atoms with E-state index in [9.17, 15) is 15.3 Å². The van der Waals surface area contributed by atoms with Crippen molar-refractivity contribution in [1.82, 2.24) is 0 Å². The van der Waals surface area contributed by atoms with Crippen LogP contribution in [0, 0.1) is 0 Å². The molecule has 0 amide bonds. The second kappa shape index (κ2) is 5.17. The zero-order valence-electron chi connectivity index (χ0n) is 12.9. The molecule has 0 saturated carbocycles. The van der Waals surface area contributed by atoms with Crippen LogP contribution in [-0.2, 0) is 11.2 Å². The smallest absolute Gasteiger partial charge is 0.127 e. The predicted octanol–water partition coefficient (Wildman–Crippen LogP) is 3.51. The minimum absolute atomic E-state index is 0.0605. The number of hydrogen-bond donors (Lipinski definition) is 3. The van der Waals surface area contributed by atoms with Gasteiger partial charge in [0.2, 0.25) is 0 Å². The lowest BCUT2D eigenvalue weighted by Gasteiger charge is -2.26. The SMILES string of the molecule is CC(C)(O)c1cc(-c2ccccc2)cc(C(C)(C)O)c1O. The summed E-state index contributed by atoms with van der Waals surface area (Å²) in [6.07, 6.45) is 0. The minimum Gasteiger partial charge on any atom is -0.507 e. The third-order valence-corrected chi connectivity index (χ3v) is 3.54. The molecule has 112 valence electrons. The lowest BCUT2D eigenvalue weighted by atomic mass is 9.86. The van der Waals surface area contributed by atoms with Crippen molar-refractivity contribution in [2.24, 2.45) is 0 Å². The number of benzene rings is 2. The highest BCUT2D eigenvalue weighted by Gasteiger charge is 2.28. The van der Waals surface area contributed by atoms with Gasteiger partial charge in [-0.15, -0.1) is 0 Å². The summed E-state index contributed by atoms with van der Waals surface area (Å²) in [5.41, 5.74) is 0.224. The van der Waals surface area contributed by atoms with Crippen LogP contribution in [0.15, 0.2) is 42.5 Å². The third kappa shape index (κ3) is 3.26. The Hall–Kier alpha value is -1.84. The van der Waals surface area contributed by atoms with Gasteiger partial charge in [-0.25, -0.2) is 0 Å². The Morgan fingerprint density at radius 1 is 0.714 bits per heavy atom. The first-order valence-electron chi connectivity index (χ1n) is 6.99. The van der Waals surface area contributed by atoms with Crippen molar-refractivity contribution in [3.8, 4) is 16.9 Å². The molecule has 3 nitrogen and oxygen atoms in total. The molecular formula is C18H22O3. The quantitative estimate of drug-likeness (QED) is 0.809. The highest BCUT2D eigenvalue weighted by molar-refractivity contribution is 5.68. The molecule has 0 aliphatic rings. The van der Waals surface area contributed by atoms with Crippen molar-refractivity contribution in [2.75, 3.05) is 0 Å². The van der Waals surface area contributed by atoms with Crippen LogP contribution < -0.4 is 0 Å². The van der Waals surface area contributed by atoms with Gasteiger partial charge in [-0.3, -0.25) is 0 Å². The van der Waals surface area contributed by atoms with Crippen molar-refractivity contribution in [3.63, 3.8) is 0 Å². The Kier molecular flexibility index (Phi) is 3.83. The largest absolute Gasteiger partial charge is 0.507 e. The van der Waals surface area contributed by atoms with Crippen LogP contribution in [0.1, 0.15) is 38.8 Å².